The SMILES string of the molecule is N#Cc1ccc(CN2CCC(C3CCCCCN3C(=O)Nc3ccccc3)CC2)c(F)c1. The summed E-state index contributed by atoms with van der Waals surface area (Å²) in [5.74, 6) is 0.162. The lowest BCUT2D eigenvalue weighted by Crippen LogP contribution is -2.49. The Labute approximate surface area is 189 Å². The van der Waals surface area contributed by atoms with Gasteiger partial charge in [0.05, 0.1) is 11.6 Å². The van der Waals surface area contributed by atoms with Crippen LogP contribution in [0.25, 0.3) is 0 Å². The lowest BCUT2D eigenvalue weighted by molar-refractivity contribution is 0.102. The Morgan fingerprint density at radius 2 is 1.81 bits per heavy atom. The van der Waals surface area contributed by atoms with Crippen LogP contribution in [0.3, 0.4) is 0 Å². The van der Waals surface area contributed by atoms with E-state index in [1.807, 2.05) is 36.4 Å². The molecule has 2 aliphatic heterocycles. The lowest BCUT2D eigenvalue weighted by atomic mass is 9.86. The number of nitriles is 1. The van der Waals surface area contributed by atoms with Gasteiger partial charge in [0.1, 0.15) is 5.82 Å². The first kappa shape index (κ1) is 22.3. The van der Waals surface area contributed by atoms with Crippen LogP contribution in [0.5, 0.6) is 0 Å². The molecule has 1 N–H and O–H groups in total. The van der Waals surface area contributed by atoms with E-state index in [2.05, 4.69) is 15.1 Å². The minimum absolute atomic E-state index is 0.00480. The van der Waals surface area contributed by atoms with Crippen molar-refractivity contribution in [2.45, 2.75) is 51.1 Å². The van der Waals surface area contributed by atoms with E-state index in [4.69, 9.17) is 5.26 Å². The number of para-hydroxylation sites is 1. The summed E-state index contributed by atoms with van der Waals surface area (Å²) in [7, 11) is 0. The minimum atomic E-state index is -0.307. The van der Waals surface area contributed by atoms with Gasteiger partial charge in [-0.05, 0) is 69.0 Å². The zero-order chi connectivity index (χ0) is 22.3. The zero-order valence-electron chi connectivity index (χ0n) is 18.5. The highest BCUT2D eigenvalue weighted by Gasteiger charge is 2.34. The minimum Gasteiger partial charge on any atom is -0.321 e. The van der Waals surface area contributed by atoms with Crippen LogP contribution in [-0.4, -0.2) is 41.5 Å². The largest absolute Gasteiger partial charge is 0.322 e. The van der Waals surface area contributed by atoms with E-state index in [9.17, 15) is 9.18 Å². The summed E-state index contributed by atoms with van der Waals surface area (Å²) >= 11 is 0. The molecule has 5 nitrogen and oxygen atoms in total. The second-order valence-electron chi connectivity index (χ2n) is 8.94. The molecule has 0 spiro atoms. The first-order valence-electron chi connectivity index (χ1n) is 11.7. The van der Waals surface area contributed by atoms with Crippen molar-refractivity contribution in [1.29, 1.82) is 5.26 Å². The molecule has 1 atom stereocenters. The molecule has 0 aromatic heterocycles. The van der Waals surface area contributed by atoms with Gasteiger partial charge in [-0.3, -0.25) is 4.90 Å². The summed E-state index contributed by atoms with van der Waals surface area (Å²) in [4.78, 5) is 17.5. The van der Waals surface area contributed by atoms with E-state index >= 15 is 0 Å². The van der Waals surface area contributed by atoms with Crippen LogP contribution >= 0.6 is 0 Å². The van der Waals surface area contributed by atoms with Crippen molar-refractivity contribution >= 4 is 11.7 Å². The summed E-state index contributed by atoms with van der Waals surface area (Å²) in [6.07, 6.45) is 6.46. The maximum atomic E-state index is 14.3. The van der Waals surface area contributed by atoms with Gasteiger partial charge in [0.15, 0.2) is 0 Å². The first-order chi connectivity index (χ1) is 15.6. The number of rotatable bonds is 4. The molecule has 2 amide bonds. The van der Waals surface area contributed by atoms with E-state index < -0.39 is 0 Å². The van der Waals surface area contributed by atoms with Gasteiger partial charge in [-0.1, -0.05) is 37.1 Å². The van der Waals surface area contributed by atoms with E-state index in [1.54, 1.807) is 12.1 Å². The monoisotopic (exact) mass is 434 g/mol. The summed E-state index contributed by atoms with van der Waals surface area (Å²) < 4.78 is 14.3. The molecular weight excluding hydrogens is 403 g/mol. The molecule has 32 heavy (non-hydrogen) atoms. The molecule has 2 saturated heterocycles. The van der Waals surface area contributed by atoms with Gasteiger partial charge >= 0.3 is 6.03 Å². The molecule has 2 fully saturated rings. The Kier molecular flexibility index (Phi) is 7.39. The fraction of sp³-hybridized carbons (Fsp3) is 0.462. The predicted molar refractivity (Wildman–Crippen MR) is 124 cm³/mol. The standard InChI is InChI=1S/C26H31FN4O/c27-24-17-20(18-28)10-11-22(24)19-30-15-12-21(13-16-30)25-9-5-2-6-14-31(25)26(32)29-23-7-3-1-4-8-23/h1,3-4,7-8,10-11,17,21,25H,2,5-6,9,12-16,19H2,(H,29,32). The van der Waals surface area contributed by atoms with Crippen LogP contribution in [0.2, 0.25) is 0 Å². The summed E-state index contributed by atoms with van der Waals surface area (Å²) in [5.41, 5.74) is 1.83. The van der Waals surface area contributed by atoms with Crippen LogP contribution < -0.4 is 5.32 Å². The first-order valence-corrected chi connectivity index (χ1v) is 11.7. The van der Waals surface area contributed by atoms with Crippen LogP contribution in [0.4, 0.5) is 14.9 Å². The van der Waals surface area contributed by atoms with Crippen molar-refractivity contribution in [3.8, 4) is 6.07 Å². The van der Waals surface area contributed by atoms with Crippen molar-refractivity contribution in [1.82, 2.24) is 9.80 Å². The third-order valence-corrected chi connectivity index (χ3v) is 6.84. The fourth-order valence-corrected chi connectivity index (χ4v) is 5.07. The van der Waals surface area contributed by atoms with Gasteiger partial charge in [0.25, 0.3) is 0 Å². The maximum Gasteiger partial charge on any atom is 0.322 e. The number of nitrogens with zero attached hydrogens (tertiary/aromatic N) is 3. The van der Waals surface area contributed by atoms with Gasteiger partial charge in [0.2, 0.25) is 0 Å². The van der Waals surface area contributed by atoms with Crippen molar-refractivity contribution in [3.05, 3.63) is 65.5 Å². The number of hydrogen-bond donors (Lipinski definition) is 1. The Morgan fingerprint density at radius 3 is 2.53 bits per heavy atom. The quantitative estimate of drug-likeness (QED) is 0.702. The molecule has 0 radical (unpaired) electrons. The number of anilines is 1. The number of nitrogens with one attached hydrogen (secondary N) is 1. The zero-order valence-corrected chi connectivity index (χ0v) is 18.5. The normalized spacial score (nSPS) is 20.4. The Bertz CT molecular complexity index is 950. The van der Waals surface area contributed by atoms with E-state index in [1.165, 1.54) is 12.5 Å². The number of amides is 2. The molecule has 2 aromatic rings. The number of urea groups is 1. The molecule has 4 rings (SSSR count). The van der Waals surface area contributed by atoms with Crippen LogP contribution in [0.1, 0.15) is 49.7 Å². The summed E-state index contributed by atoms with van der Waals surface area (Å²) in [6, 6.07) is 16.6. The molecule has 0 aliphatic carbocycles. The highest BCUT2D eigenvalue weighted by atomic mass is 19.1. The van der Waals surface area contributed by atoms with Gasteiger partial charge < -0.3 is 10.2 Å². The highest BCUT2D eigenvalue weighted by Crippen LogP contribution is 2.31. The topological polar surface area (TPSA) is 59.4 Å². The Balaban J connectivity index is 1.37. The number of carbonyl (C=O) groups is 1. The molecule has 0 saturated carbocycles. The van der Waals surface area contributed by atoms with Gasteiger partial charge in [0, 0.05) is 30.4 Å². The van der Waals surface area contributed by atoms with Crippen LogP contribution in [0.15, 0.2) is 48.5 Å². The van der Waals surface area contributed by atoms with Gasteiger partial charge in [-0.2, -0.15) is 5.26 Å². The molecule has 168 valence electrons. The molecule has 0 bridgehead atoms. The smallest absolute Gasteiger partial charge is 0.321 e. The van der Waals surface area contributed by atoms with Crippen molar-refractivity contribution in [2.24, 2.45) is 5.92 Å². The highest BCUT2D eigenvalue weighted by molar-refractivity contribution is 5.89. The summed E-state index contributed by atoms with van der Waals surface area (Å²) in [5, 5.41) is 12.0. The number of likely N-dealkylation sites (tertiary alicyclic amines) is 2. The van der Waals surface area contributed by atoms with Crippen molar-refractivity contribution in [2.75, 3.05) is 25.0 Å². The Morgan fingerprint density at radius 1 is 1.03 bits per heavy atom. The average molecular weight is 435 g/mol. The van der Waals surface area contributed by atoms with Gasteiger partial charge in [-0.15, -0.1) is 0 Å². The third-order valence-electron chi connectivity index (χ3n) is 6.84. The predicted octanol–water partition coefficient (Wildman–Crippen LogP) is 5.39. The number of hydrogen-bond acceptors (Lipinski definition) is 3. The van der Waals surface area contributed by atoms with E-state index in [-0.39, 0.29) is 17.9 Å². The second kappa shape index (κ2) is 10.6. The number of carbonyl (C=O) groups excluding carboxylic acids is 1. The summed E-state index contributed by atoms with van der Waals surface area (Å²) in [6.45, 7) is 3.16. The third kappa shape index (κ3) is 5.46. The van der Waals surface area contributed by atoms with E-state index in [0.717, 1.165) is 57.4 Å². The fourth-order valence-electron chi connectivity index (χ4n) is 5.07. The second-order valence-corrected chi connectivity index (χ2v) is 8.94. The van der Waals surface area contributed by atoms with Gasteiger partial charge in [-0.25, -0.2) is 9.18 Å². The Hall–Kier alpha value is -2.91. The van der Waals surface area contributed by atoms with Crippen molar-refractivity contribution in [3.63, 3.8) is 0 Å². The number of halogens is 1. The molecule has 6 heteroatoms. The molecule has 2 heterocycles. The van der Waals surface area contributed by atoms with Crippen molar-refractivity contribution < 1.29 is 9.18 Å². The van der Waals surface area contributed by atoms with E-state index in [0.29, 0.717) is 23.6 Å². The molecule has 2 aromatic carbocycles. The molecular formula is C26H31FN4O. The molecule has 2 aliphatic rings. The lowest BCUT2D eigenvalue weighted by Gasteiger charge is -2.40. The average Bonchev–Trinajstić information content (AvgIpc) is 3.08. The van der Waals surface area contributed by atoms with Crippen LogP contribution in [0, 0.1) is 23.1 Å². The van der Waals surface area contributed by atoms with Crippen LogP contribution in [-0.2, 0) is 6.54 Å². The number of benzene rings is 2. The molecule has 1 unspecified atom stereocenters. The maximum absolute atomic E-state index is 14.3. The number of piperidine rings is 1.